The lowest BCUT2D eigenvalue weighted by Crippen LogP contribution is -2.47. The number of anilines is 2. The molecule has 2 aliphatic rings. The number of carbonyl (C=O) groups excluding carboxylic acids is 2. The van der Waals surface area contributed by atoms with Crippen LogP contribution < -0.4 is 20.9 Å². The number of rotatable bonds is 5. The molecule has 3 N–H and O–H groups in total. The highest BCUT2D eigenvalue weighted by molar-refractivity contribution is 6.03. The zero-order valence-corrected chi connectivity index (χ0v) is 16.1. The highest BCUT2D eigenvalue weighted by atomic mass is 16.2. The molecule has 0 bridgehead atoms. The van der Waals surface area contributed by atoms with Gasteiger partial charge in [-0.3, -0.25) is 9.59 Å². The van der Waals surface area contributed by atoms with Gasteiger partial charge in [0.2, 0.25) is 0 Å². The van der Waals surface area contributed by atoms with E-state index in [9.17, 15) is 9.59 Å². The summed E-state index contributed by atoms with van der Waals surface area (Å²) in [6.45, 7) is 5.45. The van der Waals surface area contributed by atoms with Crippen molar-refractivity contribution in [3.63, 3.8) is 0 Å². The van der Waals surface area contributed by atoms with Crippen LogP contribution in [0.4, 0.5) is 11.4 Å². The van der Waals surface area contributed by atoms with Crippen LogP contribution >= 0.6 is 0 Å². The summed E-state index contributed by atoms with van der Waals surface area (Å²) in [6, 6.07) is 13.9. The van der Waals surface area contributed by atoms with Gasteiger partial charge < -0.3 is 20.9 Å². The number of para-hydroxylation sites is 1. The van der Waals surface area contributed by atoms with E-state index in [1.54, 1.807) is 12.1 Å². The topological polar surface area (TPSA) is 78.7 Å². The van der Waals surface area contributed by atoms with Crippen LogP contribution in [0.25, 0.3) is 0 Å². The summed E-state index contributed by atoms with van der Waals surface area (Å²) in [5, 5.41) is 2.95. The lowest BCUT2D eigenvalue weighted by molar-refractivity contribution is 0.0951. The Morgan fingerprint density at radius 3 is 2.21 bits per heavy atom. The molecule has 1 heterocycles. The molecular formula is C22H26N4O2. The first kappa shape index (κ1) is 18.3. The van der Waals surface area contributed by atoms with Gasteiger partial charge in [-0.2, -0.15) is 0 Å². The van der Waals surface area contributed by atoms with Crippen LogP contribution in [0, 0.1) is 6.92 Å². The minimum absolute atomic E-state index is 0.138. The maximum Gasteiger partial charge on any atom is 0.251 e. The lowest BCUT2D eigenvalue weighted by atomic mass is 10.1. The van der Waals surface area contributed by atoms with Gasteiger partial charge in [0, 0.05) is 49.2 Å². The number of amides is 2. The molecule has 0 radical (unpaired) electrons. The third kappa shape index (κ3) is 3.81. The molecule has 0 unspecified atom stereocenters. The maximum absolute atomic E-state index is 12.3. The van der Waals surface area contributed by atoms with E-state index in [4.69, 9.17) is 5.73 Å². The predicted molar refractivity (Wildman–Crippen MR) is 111 cm³/mol. The van der Waals surface area contributed by atoms with Gasteiger partial charge in [-0.05, 0) is 49.6 Å². The fourth-order valence-corrected chi connectivity index (χ4v) is 3.75. The first-order chi connectivity index (χ1) is 13.5. The van der Waals surface area contributed by atoms with E-state index in [0.717, 1.165) is 44.7 Å². The Kier molecular flexibility index (Phi) is 4.94. The first-order valence-corrected chi connectivity index (χ1v) is 9.83. The van der Waals surface area contributed by atoms with Gasteiger partial charge in [-0.25, -0.2) is 0 Å². The Labute approximate surface area is 165 Å². The molecule has 6 heteroatoms. The van der Waals surface area contributed by atoms with Crippen molar-refractivity contribution in [1.82, 2.24) is 5.32 Å². The van der Waals surface area contributed by atoms with E-state index in [1.165, 1.54) is 11.3 Å². The van der Waals surface area contributed by atoms with Crippen molar-refractivity contribution in [3.05, 3.63) is 59.2 Å². The summed E-state index contributed by atoms with van der Waals surface area (Å²) in [4.78, 5) is 28.9. The zero-order chi connectivity index (χ0) is 19.7. The Balaban J connectivity index is 1.50. The van der Waals surface area contributed by atoms with E-state index in [2.05, 4.69) is 46.3 Å². The third-order valence-corrected chi connectivity index (χ3v) is 5.51. The van der Waals surface area contributed by atoms with Crippen LogP contribution in [-0.4, -0.2) is 44.0 Å². The molecule has 0 aromatic heterocycles. The lowest BCUT2D eigenvalue weighted by Gasteiger charge is -2.38. The number of hydrogen-bond acceptors (Lipinski definition) is 4. The third-order valence-electron chi connectivity index (χ3n) is 5.51. The average Bonchev–Trinajstić information content (AvgIpc) is 3.52. The monoisotopic (exact) mass is 378 g/mol. The number of nitrogens with zero attached hydrogens (tertiary/aromatic N) is 2. The molecule has 146 valence electrons. The van der Waals surface area contributed by atoms with Crippen molar-refractivity contribution in [1.29, 1.82) is 0 Å². The molecule has 6 nitrogen and oxygen atoms in total. The van der Waals surface area contributed by atoms with Gasteiger partial charge in [0.15, 0.2) is 0 Å². The summed E-state index contributed by atoms with van der Waals surface area (Å²) in [5.74, 6) is -0.640. The number of nitrogens with two attached hydrogens (primary N) is 1. The number of benzene rings is 2. The Bertz CT molecular complexity index is 899. The van der Waals surface area contributed by atoms with Crippen molar-refractivity contribution >= 4 is 23.2 Å². The normalized spacial score (nSPS) is 16.8. The molecule has 0 atom stereocenters. The van der Waals surface area contributed by atoms with Crippen LogP contribution in [0.2, 0.25) is 0 Å². The number of carbonyl (C=O) groups is 2. The van der Waals surface area contributed by atoms with Gasteiger partial charge in [0.05, 0.1) is 5.56 Å². The molecule has 2 aromatic carbocycles. The minimum atomic E-state index is -0.502. The summed E-state index contributed by atoms with van der Waals surface area (Å²) >= 11 is 0. The van der Waals surface area contributed by atoms with Crippen LogP contribution in [0.15, 0.2) is 42.5 Å². The van der Waals surface area contributed by atoms with Crippen molar-refractivity contribution in [2.45, 2.75) is 25.8 Å². The SMILES string of the molecule is Cc1ccccc1N1CCN(c2ccc(C(=O)NC3CC3)cc2C(N)=O)CC1. The van der Waals surface area contributed by atoms with Crippen molar-refractivity contribution in [3.8, 4) is 0 Å². The van der Waals surface area contributed by atoms with Gasteiger partial charge >= 0.3 is 0 Å². The number of hydrogen-bond donors (Lipinski definition) is 2. The number of primary amides is 1. The molecular weight excluding hydrogens is 352 g/mol. The van der Waals surface area contributed by atoms with Crippen molar-refractivity contribution in [2.75, 3.05) is 36.0 Å². The summed E-state index contributed by atoms with van der Waals surface area (Å²) in [5.41, 5.74) is 9.86. The van der Waals surface area contributed by atoms with E-state index in [-0.39, 0.29) is 11.9 Å². The Hall–Kier alpha value is -3.02. The van der Waals surface area contributed by atoms with Crippen LogP contribution in [-0.2, 0) is 0 Å². The molecule has 28 heavy (non-hydrogen) atoms. The molecule has 2 amide bonds. The quantitative estimate of drug-likeness (QED) is 0.837. The van der Waals surface area contributed by atoms with E-state index in [1.807, 2.05) is 6.07 Å². The second-order valence-electron chi connectivity index (χ2n) is 7.60. The van der Waals surface area contributed by atoms with Crippen LogP contribution in [0.3, 0.4) is 0 Å². The Morgan fingerprint density at radius 1 is 0.964 bits per heavy atom. The maximum atomic E-state index is 12.3. The fourth-order valence-electron chi connectivity index (χ4n) is 3.75. The molecule has 1 aliphatic heterocycles. The smallest absolute Gasteiger partial charge is 0.251 e. The van der Waals surface area contributed by atoms with Crippen molar-refractivity contribution in [2.24, 2.45) is 5.73 Å². The van der Waals surface area contributed by atoms with Gasteiger partial charge in [0.1, 0.15) is 0 Å². The van der Waals surface area contributed by atoms with Crippen LogP contribution in [0.1, 0.15) is 39.1 Å². The molecule has 1 aliphatic carbocycles. The first-order valence-electron chi connectivity index (χ1n) is 9.83. The molecule has 2 fully saturated rings. The zero-order valence-electron chi connectivity index (χ0n) is 16.1. The van der Waals surface area contributed by atoms with Gasteiger partial charge in [-0.1, -0.05) is 18.2 Å². The molecule has 1 saturated heterocycles. The predicted octanol–water partition coefficient (Wildman–Crippen LogP) is 2.31. The second kappa shape index (κ2) is 7.54. The van der Waals surface area contributed by atoms with Gasteiger partial charge in [-0.15, -0.1) is 0 Å². The van der Waals surface area contributed by atoms with Crippen LogP contribution in [0.5, 0.6) is 0 Å². The highest BCUT2D eigenvalue weighted by Crippen LogP contribution is 2.27. The molecule has 1 saturated carbocycles. The standard InChI is InChI=1S/C22H26N4O2/c1-15-4-2-3-5-19(15)25-10-12-26(13-11-25)20-9-6-16(14-18(20)21(23)27)22(28)24-17-7-8-17/h2-6,9,14,17H,7-8,10-13H2,1H3,(H2,23,27)(H,24,28). The van der Waals surface area contributed by atoms with E-state index < -0.39 is 5.91 Å². The highest BCUT2D eigenvalue weighted by Gasteiger charge is 2.26. The molecule has 2 aromatic rings. The summed E-state index contributed by atoms with van der Waals surface area (Å²) in [7, 11) is 0. The number of piperazine rings is 1. The van der Waals surface area contributed by atoms with Gasteiger partial charge in [0.25, 0.3) is 11.8 Å². The molecule has 0 spiro atoms. The minimum Gasteiger partial charge on any atom is -0.368 e. The number of aryl methyl sites for hydroxylation is 1. The van der Waals surface area contributed by atoms with E-state index in [0.29, 0.717) is 11.1 Å². The summed E-state index contributed by atoms with van der Waals surface area (Å²) in [6.07, 6.45) is 2.05. The average molecular weight is 378 g/mol. The van der Waals surface area contributed by atoms with Crippen molar-refractivity contribution < 1.29 is 9.59 Å². The van der Waals surface area contributed by atoms with E-state index >= 15 is 0 Å². The molecule has 4 rings (SSSR count). The fraction of sp³-hybridized carbons (Fsp3) is 0.364. The second-order valence-corrected chi connectivity index (χ2v) is 7.60. The Morgan fingerprint density at radius 2 is 1.61 bits per heavy atom. The number of nitrogens with one attached hydrogen (secondary N) is 1. The summed E-state index contributed by atoms with van der Waals surface area (Å²) < 4.78 is 0. The largest absolute Gasteiger partial charge is 0.368 e.